The normalized spacial score (nSPS) is 11.8. The van der Waals surface area contributed by atoms with Crippen molar-refractivity contribution in [2.75, 3.05) is 6.61 Å². The number of aliphatic hydroxyl groups excluding tert-OH is 1. The van der Waals surface area contributed by atoms with Crippen LogP contribution in [0.5, 0.6) is 0 Å². The fraction of sp³-hybridized carbons (Fsp3) is 0.167. The zero-order valence-corrected chi connectivity index (χ0v) is 15.9. The van der Waals surface area contributed by atoms with Crippen LogP contribution in [0.25, 0.3) is 16.9 Å². The lowest BCUT2D eigenvalue weighted by atomic mass is 10.1. The molecular formula is C18H16ClN5O5. The summed E-state index contributed by atoms with van der Waals surface area (Å²) < 4.78 is 2.46. The summed E-state index contributed by atoms with van der Waals surface area (Å²) in [4.78, 5) is 36.6. The lowest BCUT2D eigenvalue weighted by Gasteiger charge is -2.13. The molecule has 0 fully saturated rings. The number of halogens is 1. The van der Waals surface area contributed by atoms with Crippen molar-refractivity contribution in [1.29, 1.82) is 0 Å². The molecule has 3 aromatic rings. The second-order valence-electron chi connectivity index (χ2n) is 6.09. The number of carbonyl (C=O) groups excluding carboxylic acids is 1. The van der Waals surface area contributed by atoms with Crippen LogP contribution in [0, 0.1) is 0 Å². The Morgan fingerprint density at radius 2 is 1.97 bits per heavy atom. The van der Waals surface area contributed by atoms with E-state index in [9.17, 15) is 14.4 Å². The largest absolute Gasteiger partial charge is 0.480 e. The number of aliphatic carboxylic acids is 1. The summed E-state index contributed by atoms with van der Waals surface area (Å²) in [7, 11) is 1.66. The first-order chi connectivity index (χ1) is 13.8. The van der Waals surface area contributed by atoms with Crippen molar-refractivity contribution >= 4 is 23.5 Å². The summed E-state index contributed by atoms with van der Waals surface area (Å²) in [5, 5.41) is 29.1. The first-order valence-corrected chi connectivity index (χ1v) is 8.72. The molecule has 0 aliphatic rings. The third-order valence-corrected chi connectivity index (χ3v) is 4.27. The third kappa shape index (κ3) is 4.33. The van der Waals surface area contributed by atoms with Crippen LogP contribution in [0.1, 0.15) is 10.4 Å². The van der Waals surface area contributed by atoms with E-state index in [1.807, 2.05) is 0 Å². The Balaban J connectivity index is 2.15. The van der Waals surface area contributed by atoms with Crippen LogP contribution >= 0.6 is 11.6 Å². The van der Waals surface area contributed by atoms with Gasteiger partial charge in [-0.2, -0.15) is 14.9 Å². The third-order valence-electron chi connectivity index (χ3n) is 4.02. The van der Waals surface area contributed by atoms with Gasteiger partial charge < -0.3 is 15.5 Å². The summed E-state index contributed by atoms with van der Waals surface area (Å²) in [6.45, 7) is -0.826. The quantitative estimate of drug-likeness (QED) is 0.529. The predicted octanol–water partition coefficient (Wildman–Crippen LogP) is 0.462. The standard InChI is InChI=1S/C18H16ClN5O5/c1-23-8-12(7-20-23)24-17(27)13(16(26)21-15(9-25)18(28)29)6-14(22-24)10-2-4-11(19)5-3-10/h2-8,15,25H,9H2,1H3,(H,21,26)(H,28,29)/t15-/m1/s1. The summed E-state index contributed by atoms with van der Waals surface area (Å²) in [6, 6.07) is 6.29. The van der Waals surface area contributed by atoms with E-state index >= 15 is 0 Å². The number of carboxylic acids is 1. The highest BCUT2D eigenvalue weighted by atomic mass is 35.5. The summed E-state index contributed by atoms with van der Waals surface area (Å²) >= 11 is 5.91. The number of amides is 1. The van der Waals surface area contributed by atoms with E-state index in [0.717, 1.165) is 4.68 Å². The first kappa shape index (κ1) is 20.2. The number of hydrogen-bond donors (Lipinski definition) is 3. The Morgan fingerprint density at radius 3 is 2.52 bits per heavy atom. The molecule has 150 valence electrons. The summed E-state index contributed by atoms with van der Waals surface area (Å²) in [6.07, 6.45) is 2.94. The van der Waals surface area contributed by atoms with E-state index in [4.69, 9.17) is 21.8 Å². The molecule has 11 heteroatoms. The highest BCUT2D eigenvalue weighted by Gasteiger charge is 2.23. The van der Waals surface area contributed by atoms with Gasteiger partial charge in [-0.3, -0.25) is 14.3 Å². The van der Waals surface area contributed by atoms with E-state index < -0.39 is 30.1 Å². The highest BCUT2D eigenvalue weighted by molar-refractivity contribution is 6.30. The summed E-state index contributed by atoms with van der Waals surface area (Å²) in [5.74, 6) is -2.38. The van der Waals surface area contributed by atoms with Gasteiger partial charge in [0, 0.05) is 17.6 Å². The zero-order valence-electron chi connectivity index (χ0n) is 15.1. The average molecular weight is 418 g/mol. The number of benzene rings is 1. The predicted molar refractivity (Wildman–Crippen MR) is 103 cm³/mol. The number of carbonyl (C=O) groups is 2. The second kappa shape index (κ2) is 8.25. The van der Waals surface area contributed by atoms with Gasteiger partial charge in [-0.25, -0.2) is 4.79 Å². The van der Waals surface area contributed by atoms with E-state index in [2.05, 4.69) is 15.5 Å². The van der Waals surface area contributed by atoms with Crippen molar-refractivity contribution in [1.82, 2.24) is 24.9 Å². The van der Waals surface area contributed by atoms with E-state index in [-0.39, 0.29) is 11.3 Å². The van der Waals surface area contributed by atoms with E-state index in [1.54, 1.807) is 31.3 Å². The molecule has 3 N–H and O–H groups in total. The number of nitrogens with one attached hydrogen (secondary N) is 1. The fourth-order valence-electron chi connectivity index (χ4n) is 2.53. The molecule has 3 rings (SSSR count). The Morgan fingerprint density at radius 1 is 1.28 bits per heavy atom. The maximum absolute atomic E-state index is 12.9. The number of hydrogen-bond acceptors (Lipinski definition) is 6. The first-order valence-electron chi connectivity index (χ1n) is 8.34. The Hall–Kier alpha value is -3.50. The van der Waals surface area contributed by atoms with Gasteiger partial charge in [0.1, 0.15) is 11.3 Å². The maximum Gasteiger partial charge on any atom is 0.328 e. The molecule has 2 aromatic heterocycles. The molecular weight excluding hydrogens is 402 g/mol. The smallest absolute Gasteiger partial charge is 0.328 e. The van der Waals surface area contributed by atoms with Gasteiger partial charge in [0.15, 0.2) is 6.04 Å². The van der Waals surface area contributed by atoms with Crippen LogP contribution < -0.4 is 10.9 Å². The molecule has 0 bridgehead atoms. The van der Waals surface area contributed by atoms with Crippen molar-refractivity contribution in [2.45, 2.75) is 6.04 Å². The molecule has 1 aromatic carbocycles. The highest BCUT2D eigenvalue weighted by Crippen LogP contribution is 2.20. The minimum absolute atomic E-state index is 0.283. The number of rotatable bonds is 6. The molecule has 0 aliphatic heterocycles. The lowest BCUT2D eigenvalue weighted by molar-refractivity contribution is -0.140. The Labute approximate surface area is 169 Å². The molecule has 0 spiro atoms. The van der Waals surface area contributed by atoms with Gasteiger partial charge in [0.05, 0.1) is 24.7 Å². The maximum atomic E-state index is 12.9. The zero-order chi connectivity index (χ0) is 21.1. The number of aliphatic hydroxyl groups is 1. The molecule has 0 unspecified atom stereocenters. The van der Waals surface area contributed by atoms with Gasteiger partial charge in [0.25, 0.3) is 11.5 Å². The average Bonchev–Trinajstić information content (AvgIpc) is 3.12. The minimum atomic E-state index is -1.55. The van der Waals surface area contributed by atoms with Gasteiger partial charge in [-0.05, 0) is 18.2 Å². The minimum Gasteiger partial charge on any atom is -0.480 e. The van der Waals surface area contributed by atoms with Crippen LogP contribution in [-0.2, 0) is 11.8 Å². The van der Waals surface area contributed by atoms with Gasteiger partial charge in [-0.1, -0.05) is 23.7 Å². The van der Waals surface area contributed by atoms with Gasteiger partial charge in [0.2, 0.25) is 0 Å². The topological polar surface area (TPSA) is 139 Å². The Bertz CT molecular complexity index is 1120. The fourth-order valence-corrected chi connectivity index (χ4v) is 2.66. The van der Waals surface area contributed by atoms with Crippen LogP contribution in [-0.4, -0.2) is 54.3 Å². The van der Waals surface area contributed by atoms with E-state index in [0.29, 0.717) is 16.3 Å². The Kier molecular flexibility index (Phi) is 5.76. The van der Waals surface area contributed by atoms with Crippen molar-refractivity contribution in [3.05, 3.63) is 63.7 Å². The monoisotopic (exact) mass is 417 g/mol. The van der Waals surface area contributed by atoms with Crippen LogP contribution in [0.4, 0.5) is 0 Å². The van der Waals surface area contributed by atoms with Crippen molar-refractivity contribution in [2.24, 2.45) is 7.05 Å². The van der Waals surface area contributed by atoms with Crippen molar-refractivity contribution in [3.8, 4) is 16.9 Å². The van der Waals surface area contributed by atoms with Gasteiger partial charge >= 0.3 is 5.97 Å². The molecule has 1 atom stereocenters. The molecule has 2 heterocycles. The van der Waals surface area contributed by atoms with Gasteiger partial charge in [-0.15, -0.1) is 0 Å². The lowest BCUT2D eigenvalue weighted by Crippen LogP contribution is -2.45. The SMILES string of the molecule is Cn1cc(-n2nc(-c3ccc(Cl)cc3)cc(C(=O)N[C@H](CO)C(=O)O)c2=O)cn1. The number of aromatic nitrogens is 4. The summed E-state index contributed by atoms with van der Waals surface area (Å²) in [5.41, 5.74) is 0.0762. The second-order valence-corrected chi connectivity index (χ2v) is 6.52. The molecule has 29 heavy (non-hydrogen) atoms. The number of aryl methyl sites for hydroxylation is 1. The number of carboxylic acid groups (broad SMARTS) is 1. The van der Waals surface area contributed by atoms with Crippen molar-refractivity contribution < 1.29 is 19.8 Å². The molecule has 0 radical (unpaired) electrons. The van der Waals surface area contributed by atoms with Crippen LogP contribution in [0.3, 0.4) is 0 Å². The molecule has 0 aliphatic carbocycles. The van der Waals surface area contributed by atoms with Crippen LogP contribution in [0.15, 0.2) is 47.5 Å². The molecule has 0 saturated carbocycles. The van der Waals surface area contributed by atoms with E-state index in [1.165, 1.54) is 23.1 Å². The molecule has 10 nitrogen and oxygen atoms in total. The number of nitrogens with zero attached hydrogens (tertiary/aromatic N) is 4. The van der Waals surface area contributed by atoms with Crippen LogP contribution in [0.2, 0.25) is 5.02 Å². The molecule has 0 saturated heterocycles. The van der Waals surface area contributed by atoms with Crippen molar-refractivity contribution in [3.63, 3.8) is 0 Å². The molecule has 1 amide bonds.